The molecule has 1 aliphatic carbocycles. The SMILES string of the molecule is NCc1ccccc1S(=O)(=O)NCCOC1CCCC1. The molecule has 3 N–H and O–H groups in total. The maximum Gasteiger partial charge on any atom is 0.240 e. The van der Waals surface area contributed by atoms with E-state index in [1.165, 1.54) is 12.8 Å². The summed E-state index contributed by atoms with van der Waals surface area (Å²) in [7, 11) is -3.51. The molecule has 112 valence electrons. The summed E-state index contributed by atoms with van der Waals surface area (Å²) in [4.78, 5) is 0.253. The van der Waals surface area contributed by atoms with E-state index in [2.05, 4.69) is 4.72 Å². The molecule has 0 heterocycles. The second kappa shape index (κ2) is 7.17. The minimum Gasteiger partial charge on any atom is -0.377 e. The summed E-state index contributed by atoms with van der Waals surface area (Å²) in [5.41, 5.74) is 6.19. The molecule has 0 amide bonds. The van der Waals surface area contributed by atoms with Gasteiger partial charge in [-0.15, -0.1) is 0 Å². The number of hydrogen-bond acceptors (Lipinski definition) is 4. The van der Waals surface area contributed by atoms with Gasteiger partial charge in [0.1, 0.15) is 0 Å². The summed E-state index contributed by atoms with van der Waals surface area (Å²) in [5, 5.41) is 0. The normalized spacial score (nSPS) is 16.6. The van der Waals surface area contributed by atoms with Crippen LogP contribution in [0.15, 0.2) is 29.2 Å². The van der Waals surface area contributed by atoms with E-state index in [9.17, 15) is 8.42 Å². The van der Waals surface area contributed by atoms with Crippen molar-refractivity contribution in [2.75, 3.05) is 13.2 Å². The molecule has 0 spiro atoms. The monoisotopic (exact) mass is 298 g/mol. The van der Waals surface area contributed by atoms with Gasteiger partial charge in [-0.2, -0.15) is 0 Å². The van der Waals surface area contributed by atoms with Crippen molar-refractivity contribution in [3.63, 3.8) is 0 Å². The Balaban J connectivity index is 1.87. The number of benzene rings is 1. The first-order valence-electron chi connectivity index (χ1n) is 7.03. The molecule has 0 radical (unpaired) electrons. The third-order valence-corrected chi connectivity index (χ3v) is 5.09. The first-order valence-corrected chi connectivity index (χ1v) is 8.51. The molecule has 1 aromatic carbocycles. The fourth-order valence-electron chi connectivity index (χ4n) is 2.47. The topological polar surface area (TPSA) is 81.4 Å². The highest BCUT2D eigenvalue weighted by Gasteiger charge is 2.18. The van der Waals surface area contributed by atoms with Crippen molar-refractivity contribution >= 4 is 10.0 Å². The molecule has 0 aliphatic heterocycles. The highest BCUT2D eigenvalue weighted by atomic mass is 32.2. The fourth-order valence-corrected chi connectivity index (χ4v) is 3.73. The lowest BCUT2D eigenvalue weighted by atomic mass is 10.2. The van der Waals surface area contributed by atoms with Gasteiger partial charge in [0.2, 0.25) is 10.0 Å². The zero-order valence-electron chi connectivity index (χ0n) is 11.5. The van der Waals surface area contributed by atoms with Gasteiger partial charge in [0.25, 0.3) is 0 Å². The second-order valence-electron chi connectivity index (χ2n) is 4.99. The Bertz CT molecular complexity index is 525. The zero-order chi connectivity index (χ0) is 14.4. The third kappa shape index (κ3) is 4.02. The lowest BCUT2D eigenvalue weighted by Crippen LogP contribution is -2.29. The Morgan fingerprint density at radius 2 is 1.95 bits per heavy atom. The van der Waals surface area contributed by atoms with Gasteiger partial charge < -0.3 is 10.5 Å². The molecule has 0 aromatic heterocycles. The molecule has 0 atom stereocenters. The van der Waals surface area contributed by atoms with Gasteiger partial charge in [0.15, 0.2) is 0 Å². The predicted octanol–water partition coefficient (Wildman–Crippen LogP) is 1.38. The summed E-state index contributed by atoms with van der Waals surface area (Å²) in [6, 6.07) is 6.78. The zero-order valence-corrected chi connectivity index (χ0v) is 12.4. The number of nitrogens with one attached hydrogen (secondary N) is 1. The highest BCUT2D eigenvalue weighted by Crippen LogP contribution is 2.20. The van der Waals surface area contributed by atoms with Crippen molar-refractivity contribution in [3.8, 4) is 0 Å². The minimum absolute atomic E-state index is 0.204. The Labute approximate surface area is 120 Å². The molecule has 0 saturated heterocycles. The van der Waals surface area contributed by atoms with Crippen LogP contribution < -0.4 is 10.5 Å². The van der Waals surface area contributed by atoms with Crippen LogP contribution in [0.5, 0.6) is 0 Å². The number of hydrogen-bond donors (Lipinski definition) is 2. The van der Waals surface area contributed by atoms with Crippen molar-refractivity contribution in [2.24, 2.45) is 5.73 Å². The molecule has 6 heteroatoms. The van der Waals surface area contributed by atoms with Crippen LogP contribution in [0.1, 0.15) is 31.2 Å². The van der Waals surface area contributed by atoms with E-state index >= 15 is 0 Å². The van der Waals surface area contributed by atoms with E-state index < -0.39 is 10.0 Å². The van der Waals surface area contributed by atoms with Gasteiger partial charge in [-0.1, -0.05) is 31.0 Å². The van der Waals surface area contributed by atoms with E-state index in [1.807, 2.05) is 0 Å². The van der Waals surface area contributed by atoms with Crippen molar-refractivity contribution in [1.29, 1.82) is 0 Å². The average Bonchev–Trinajstić information content (AvgIpc) is 2.97. The first-order chi connectivity index (χ1) is 9.63. The largest absolute Gasteiger partial charge is 0.377 e. The van der Waals surface area contributed by atoms with Crippen LogP contribution in [0.4, 0.5) is 0 Å². The van der Waals surface area contributed by atoms with E-state index in [4.69, 9.17) is 10.5 Å². The molecule has 0 bridgehead atoms. The maximum atomic E-state index is 12.2. The Kier molecular flexibility index (Phi) is 5.54. The molecule has 2 rings (SSSR count). The Morgan fingerprint density at radius 3 is 2.65 bits per heavy atom. The molecule has 20 heavy (non-hydrogen) atoms. The smallest absolute Gasteiger partial charge is 0.240 e. The molecule has 1 aliphatic rings. The molecule has 5 nitrogen and oxygen atoms in total. The van der Waals surface area contributed by atoms with Crippen LogP contribution in [-0.2, 0) is 21.3 Å². The average molecular weight is 298 g/mol. The highest BCUT2D eigenvalue weighted by molar-refractivity contribution is 7.89. The molecule has 1 fully saturated rings. The molecule has 1 saturated carbocycles. The first kappa shape index (κ1) is 15.4. The summed E-state index contributed by atoms with van der Waals surface area (Å²) in [5.74, 6) is 0. The van der Waals surface area contributed by atoms with Gasteiger partial charge in [0, 0.05) is 13.1 Å². The summed E-state index contributed by atoms with van der Waals surface area (Å²) in [6.07, 6.45) is 4.89. The Hall–Kier alpha value is -0.950. The van der Waals surface area contributed by atoms with Crippen molar-refractivity contribution in [1.82, 2.24) is 4.72 Å². The number of rotatable bonds is 7. The maximum absolute atomic E-state index is 12.2. The lowest BCUT2D eigenvalue weighted by Gasteiger charge is -2.13. The Morgan fingerprint density at radius 1 is 1.25 bits per heavy atom. The number of nitrogens with two attached hydrogens (primary N) is 1. The van der Waals surface area contributed by atoms with Crippen molar-refractivity contribution in [3.05, 3.63) is 29.8 Å². The van der Waals surface area contributed by atoms with Crippen LogP contribution in [-0.4, -0.2) is 27.7 Å². The van der Waals surface area contributed by atoms with Crippen LogP contribution >= 0.6 is 0 Å². The number of sulfonamides is 1. The molecular weight excluding hydrogens is 276 g/mol. The minimum atomic E-state index is -3.51. The van der Waals surface area contributed by atoms with Gasteiger partial charge in [-0.3, -0.25) is 0 Å². The van der Waals surface area contributed by atoms with E-state index in [1.54, 1.807) is 24.3 Å². The van der Waals surface area contributed by atoms with Crippen molar-refractivity contribution in [2.45, 2.75) is 43.2 Å². The molecule has 1 aromatic rings. The quantitative estimate of drug-likeness (QED) is 0.745. The molecular formula is C14H22N2O3S. The summed E-state index contributed by atoms with van der Waals surface area (Å²) in [6.45, 7) is 0.905. The lowest BCUT2D eigenvalue weighted by molar-refractivity contribution is 0.0626. The van der Waals surface area contributed by atoms with Gasteiger partial charge >= 0.3 is 0 Å². The predicted molar refractivity (Wildman–Crippen MR) is 77.7 cm³/mol. The van der Waals surface area contributed by atoms with Gasteiger partial charge in [0.05, 0.1) is 17.6 Å². The van der Waals surface area contributed by atoms with Crippen LogP contribution in [0.3, 0.4) is 0 Å². The van der Waals surface area contributed by atoms with Crippen molar-refractivity contribution < 1.29 is 13.2 Å². The van der Waals surface area contributed by atoms with E-state index in [0.29, 0.717) is 18.3 Å². The second-order valence-corrected chi connectivity index (χ2v) is 6.72. The van der Waals surface area contributed by atoms with Gasteiger partial charge in [-0.25, -0.2) is 13.1 Å². The van der Waals surface area contributed by atoms with E-state index in [-0.39, 0.29) is 18.0 Å². The van der Waals surface area contributed by atoms with Gasteiger partial charge in [-0.05, 0) is 24.5 Å². The third-order valence-electron chi connectivity index (χ3n) is 3.53. The van der Waals surface area contributed by atoms with E-state index in [0.717, 1.165) is 12.8 Å². The van der Waals surface area contributed by atoms with Crippen LogP contribution in [0.2, 0.25) is 0 Å². The number of ether oxygens (including phenoxy) is 1. The summed E-state index contributed by atoms with van der Waals surface area (Å²) < 4.78 is 32.6. The standard InChI is InChI=1S/C14H22N2O3S/c15-11-12-5-1-4-8-14(12)20(17,18)16-9-10-19-13-6-2-3-7-13/h1,4-5,8,13,16H,2-3,6-7,9-11,15H2. The molecule has 0 unspecified atom stereocenters. The van der Waals surface area contributed by atoms with Crippen LogP contribution in [0, 0.1) is 0 Å². The fraction of sp³-hybridized carbons (Fsp3) is 0.571. The van der Waals surface area contributed by atoms with Crippen LogP contribution in [0.25, 0.3) is 0 Å². The summed E-state index contributed by atoms with van der Waals surface area (Å²) >= 11 is 0.